The Morgan fingerprint density at radius 2 is 2.25 bits per heavy atom. The number of anilines is 2. The van der Waals surface area contributed by atoms with Gasteiger partial charge in [-0.2, -0.15) is 0 Å². The van der Waals surface area contributed by atoms with E-state index in [9.17, 15) is 4.79 Å². The van der Waals surface area contributed by atoms with Crippen LogP contribution in [0.4, 0.5) is 10.8 Å². The van der Waals surface area contributed by atoms with Gasteiger partial charge in [0.05, 0.1) is 11.4 Å². The number of hydrogen-bond acceptors (Lipinski definition) is 5. The van der Waals surface area contributed by atoms with E-state index in [1.165, 1.54) is 22.7 Å². The van der Waals surface area contributed by atoms with Gasteiger partial charge in [-0.1, -0.05) is 22.0 Å². The number of aromatic nitrogens is 1. The Hall–Kier alpha value is -1.44. The number of carbonyl (C=O) groups excluding carboxylic acids is 1. The van der Waals surface area contributed by atoms with E-state index in [0.29, 0.717) is 15.7 Å². The number of thiazole rings is 1. The fourth-order valence-electron chi connectivity index (χ4n) is 1.82. The van der Waals surface area contributed by atoms with E-state index >= 15 is 0 Å². The van der Waals surface area contributed by atoms with Crippen LogP contribution in [-0.2, 0) is 0 Å². The standard InChI is InChI=1S/C13H10BrN3OS2/c1-6-5-19-13(16-6)17-12(18)11-10(15)8-3-2-7(14)4-9(8)20-11/h2-5H,15H2,1H3,(H,16,17,18). The number of fused-ring (bicyclic) bond motifs is 1. The van der Waals surface area contributed by atoms with Crippen LogP contribution in [0.1, 0.15) is 15.4 Å². The number of halogens is 1. The topological polar surface area (TPSA) is 68.0 Å². The molecular weight excluding hydrogens is 358 g/mol. The zero-order valence-electron chi connectivity index (χ0n) is 10.4. The molecule has 0 spiro atoms. The van der Waals surface area contributed by atoms with Gasteiger partial charge in [-0.15, -0.1) is 22.7 Å². The molecule has 0 atom stereocenters. The average molecular weight is 368 g/mol. The van der Waals surface area contributed by atoms with Gasteiger partial charge in [-0.3, -0.25) is 10.1 Å². The predicted octanol–water partition coefficient (Wildman–Crippen LogP) is 4.26. The first kappa shape index (κ1) is 13.5. The van der Waals surface area contributed by atoms with Crippen LogP contribution in [0.15, 0.2) is 28.1 Å². The molecule has 2 heterocycles. The number of amides is 1. The lowest BCUT2D eigenvalue weighted by Crippen LogP contribution is -2.11. The minimum atomic E-state index is -0.214. The molecular formula is C13H10BrN3OS2. The molecule has 20 heavy (non-hydrogen) atoms. The Labute approximate surface area is 131 Å². The Morgan fingerprint density at radius 3 is 2.95 bits per heavy atom. The molecule has 0 saturated heterocycles. The molecule has 0 bridgehead atoms. The minimum Gasteiger partial charge on any atom is -0.397 e. The first-order chi connectivity index (χ1) is 9.54. The molecule has 3 rings (SSSR count). The summed E-state index contributed by atoms with van der Waals surface area (Å²) in [6.45, 7) is 1.89. The van der Waals surface area contributed by atoms with Crippen LogP contribution in [0.5, 0.6) is 0 Å². The number of aryl methyl sites for hydroxylation is 1. The Kier molecular flexibility index (Phi) is 3.49. The normalized spacial score (nSPS) is 10.9. The fourth-order valence-corrected chi connectivity index (χ4v) is 4.08. The number of nitrogens with one attached hydrogen (secondary N) is 1. The van der Waals surface area contributed by atoms with Gasteiger partial charge < -0.3 is 5.73 Å². The molecule has 0 aliphatic heterocycles. The zero-order chi connectivity index (χ0) is 14.3. The number of hydrogen-bond donors (Lipinski definition) is 2. The van der Waals surface area contributed by atoms with E-state index in [0.717, 1.165) is 20.3 Å². The third kappa shape index (κ3) is 2.44. The van der Waals surface area contributed by atoms with Gasteiger partial charge in [0.2, 0.25) is 0 Å². The SMILES string of the molecule is Cc1csc(NC(=O)c2sc3cc(Br)ccc3c2N)n1. The highest BCUT2D eigenvalue weighted by atomic mass is 79.9. The smallest absolute Gasteiger partial charge is 0.269 e. The summed E-state index contributed by atoms with van der Waals surface area (Å²) >= 11 is 6.20. The fraction of sp³-hybridized carbons (Fsp3) is 0.0769. The summed E-state index contributed by atoms with van der Waals surface area (Å²) in [6, 6.07) is 5.79. The van der Waals surface area contributed by atoms with E-state index in [4.69, 9.17) is 5.73 Å². The summed E-state index contributed by atoms with van der Waals surface area (Å²) in [7, 11) is 0. The van der Waals surface area contributed by atoms with Crippen molar-refractivity contribution >= 4 is 65.4 Å². The van der Waals surface area contributed by atoms with Gasteiger partial charge in [0, 0.05) is 19.9 Å². The maximum absolute atomic E-state index is 12.3. The molecule has 3 aromatic rings. The van der Waals surface area contributed by atoms with Crippen LogP contribution < -0.4 is 11.1 Å². The Balaban J connectivity index is 1.97. The van der Waals surface area contributed by atoms with E-state index in [1.807, 2.05) is 30.5 Å². The average Bonchev–Trinajstić information content (AvgIpc) is 2.94. The molecule has 0 radical (unpaired) electrons. The van der Waals surface area contributed by atoms with Crippen molar-refractivity contribution in [1.29, 1.82) is 0 Å². The number of carbonyl (C=O) groups is 1. The zero-order valence-corrected chi connectivity index (χ0v) is 13.7. The summed E-state index contributed by atoms with van der Waals surface area (Å²) in [4.78, 5) is 17.0. The van der Waals surface area contributed by atoms with Gasteiger partial charge in [0.15, 0.2) is 5.13 Å². The van der Waals surface area contributed by atoms with Crippen LogP contribution in [0, 0.1) is 6.92 Å². The van der Waals surface area contributed by atoms with Crippen molar-refractivity contribution in [3.05, 3.63) is 38.6 Å². The predicted molar refractivity (Wildman–Crippen MR) is 88.7 cm³/mol. The molecule has 3 N–H and O–H groups in total. The molecule has 0 fully saturated rings. The monoisotopic (exact) mass is 367 g/mol. The summed E-state index contributed by atoms with van der Waals surface area (Å²) in [6.07, 6.45) is 0. The molecule has 1 amide bonds. The van der Waals surface area contributed by atoms with Crippen LogP contribution in [-0.4, -0.2) is 10.9 Å². The molecule has 2 aromatic heterocycles. The maximum atomic E-state index is 12.3. The van der Waals surface area contributed by atoms with E-state index in [1.54, 1.807) is 0 Å². The van der Waals surface area contributed by atoms with Crippen LogP contribution in [0.3, 0.4) is 0 Å². The van der Waals surface area contributed by atoms with Crippen molar-refractivity contribution in [3.8, 4) is 0 Å². The molecule has 4 nitrogen and oxygen atoms in total. The van der Waals surface area contributed by atoms with Crippen molar-refractivity contribution in [2.45, 2.75) is 6.92 Å². The first-order valence-corrected chi connectivity index (χ1v) is 8.24. The van der Waals surface area contributed by atoms with Crippen molar-refractivity contribution in [2.24, 2.45) is 0 Å². The van der Waals surface area contributed by atoms with Crippen LogP contribution >= 0.6 is 38.6 Å². The van der Waals surface area contributed by atoms with Crippen LogP contribution in [0.25, 0.3) is 10.1 Å². The lowest BCUT2D eigenvalue weighted by molar-refractivity contribution is 0.103. The van der Waals surface area contributed by atoms with Crippen molar-refractivity contribution in [1.82, 2.24) is 4.98 Å². The second-order valence-corrected chi connectivity index (χ2v) is 7.06. The highest BCUT2D eigenvalue weighted by Gasteiger charge is 2.17. The largest absolute Gasteiger partial charge is 0.397 e. The number of benzene rings is 1. The lowest BCUT2D eigenvalue weighted by atomic mass is 10.2. The molecule has 0 unspecified atom stereocenters. The molecule has 0 aliphatic carbocycles. The Morgan fingerprint density at radius 1 is 1.45 bits per heavy atom. The van der Waals surface area contributed by atoms with Gasteiger partial charge >= 0.3 is 0 Å². The van der Waals surface area contributed by atoms with Crippen molar-refractivity contribution in [2.75, 3.05) is 11.1 Å². The third-order valence-corrected chi connectivity index (χ3v) is 5.27. The molecule has 1 aromatic carbocycles. The number of nitrogens with zero attached hydrogens (tertiary/aromatic N) is 1. The number of thiophene rings is 1. The highest BCUT2D eigenvalue weighted by molar-refractivity contribution is 9.10. The lowest BCUT2D eigenvalue weighted by Gasteiger charge is -1.99. The number of nitrogens with two attached hydrogens (primary N) is 1. The molecule has 0 saturated carbocycles. The van der Waals surface area contributed by atoms with Crippen molar-refractivity contribution < 1.29 is 4.79 Å². The highest BCUT2D eigenvalue weighted by Crippen LogP contribution is 2.35. The molecule has 0 aliphatic rings. The summed E-state index contributed by atoms with van der Waals surface area (Å²) in [5.41, 5.74) is 7.47. The van der Waals surface area contributed by atoms with Gasteiger partial charge in [-0.05, 0) is 19.1 Å². The summed E-state index contributed by atoms with van der Waals surface area (Å²) in [5, 5.41) is 6.16. The minimum absolute atomic E-state index is 0.214. The quantitative estimate of drug-likeness (QED) is 0.710. The number of rotatable bonds is 2. The van der Waals surface area contributed by atoms with E-state index in [-0.39, 0.29) is 5.91 Å². The third-order valence-electron chi connectivity index (χ3n) is 2.74. The molecule has 102 valence electrons. The second kappa shape index (κ2) is 5.16. The molecule has 7 heteroatoms. The summed E-state index contributed by atoms with van der Waals surface area (Å²) in [5.74, 6) is -0.214. The van der Waals surface area contributed by atoms with Gasteiger partial charge in [0.25, 0.3) is 5.91 Å². The van der Waals surface area contributed by atoms with Crippen LogP contribution in [0.2, 0.25) is 0 Å². The summed E-state index contributed by atoms with van der Waals surface area (Å²) < 4.78 is 1.95. The van der Waals surface area contributed by atoms with E-state index < -0.39 is 0 Å². The number of nitrogen functional groups attached to an aromatic ring is 1. The van der Waals surface area contributed by atoms with E-state index in [2.05, 4.69) is 26.2 Å². The maximum Gasteiger partial charge on any atom is 0.269 e. The first-order valence-electron chi connectivity index (χ1n) is 5.75. The van der Waals surface area contributed by atoms with Gasteiger partial charge in [-0.25, -0.2) is 4.98 Å². The Bertz CT molecular complexity index is 809. The van der Waals surface area contributed by atoms with Crippen molar-refractivity contribution in [3.63, 3.8) is 0 Å². The van der Waals surface area contributed by atoms with Gasteiger partial charge in [0.1, 0.15) is 4.88 Å². The second-order valence-electron chi connectivity index (χ2n) is 4.23.